The minimum atomic E-state index is -1.01. The van der Waals surface area contributed by atoms with E-state index in [1.54, 1.807) is 20.8 Å². The average molecular weight is 708 g/mol. The van der Waals surface area contributed by atoms with E-state index in [-0.39, 0.29) is 5.91 Å². The van der Waals surface area contributed by atoms with Crippen molar-refractivity contribution < 1.29 is 29.3 Å². The number of alkyl carbamates (subject to hydrolysis) is 1. The number of aliphatic hydroxyl groups is 2. The van der Waals surface area contributed by atoms with Crippen LogP contribution in [0.5, 0.6) is 0 Å². The largest absolute Gasteiger partial charge is 0.444 e. The van der Waals surface area contributed by atoms with Crippen LogP contribution in [-0.2, 0) is 14.3 Å². The fourth-order valence-electron chi connectivity index (χ4n) is 3.83. The summed E-state index contributed by atoms with van der Waals surface area (Å²) < 4.78 is 4.54. The van der Waals surface area contributed by atoms with Gasteiger partial charge in [0.1, 0.15) is 11.6 Å². The number of aliphatic hydroxyl groups excluding tert-OH is 2. The molecule has 0 saturated heterocycles. The molecule has 0 radical (unpaired) electrons. The lowest BCUT2D eigenvalue weighted by Crippen LogP contribution is -2.59. The zero-order chi connectivity index (χ0) is 36.1. The van der Waals surface area contributed by atoms with Gasteiger partial charge < -0.3 is 30.9 Å². The van der Waals surface area contributed by atoms with Crippen LogP contribution in [0.25, 0.3) is 0 Å². The molecule has 0 aliphatic heterocycles. The number of hydrogen-bond donors (Lipinski definition) is 5. The summed E-state index contributed by atoms with van der Waals surface area (Å²) in [6.07, 6.45) is 31.9. The molecule has 0 heterocycles. The van der Waals surface area contributed by atoms with Crippen LogP contribution in [0.15, 0.2) is 72.9 Å². The fourth-order valence-corrected chi connectivity index (χ4v) is 6.36. The zero-order valence-corrected chi connectivity index (χ0v) is 31.5. The molecule has 48 heavy (non-hydrogen) atoms. The zero-order valence-electron chi connectivity index (χ0n) is 29.9. The molecule has 3 amide bonds. The van der Waals surface area contributed by atoms with Crippen LogP contribution < -0.4 is 16.0 Å². The third kappa shape index (κ3) is 26.3. The van der Waals surface area contributed by atoms with E-state index in [1.165, 1.54) is 21.6 Å². The summed E-state index contributed by atoms with van der Waals surface area (Å²) >= 11 is 0. The lowest BCUT2D eigenvalue weighted by atomic mass is 10.0. The minimum Gasteiger partial charge on any atom is -0.444 e. The topological polar surface area (TPSA) is 137 Å². The maximum absolute atomic E-state index is 13.0. The molecule has 0 aliphatic rings. The van der Waals surface area contributed by atoms with E-state index in [4.69, 9.17) is 4.74 Å². The van der Waals surface area contributed by atoms with Crippen LogP contribution in [0, 0.1) is 0 Å². The van der Waals surface area contributed by atoms with Crippen LogP contribution in [0.1, 0.15) is 92.9 Å². The predicted molar refractivity (Wildman–Crippen MR) is 204 cm³/mol. The van der Waals surface area contributed by atoms with Crippen LogP contribution in [0.4, 0.5) is 4.79 Å². The van der Waals surface area contributed by atoms with Crippen LogP contribution >= 0.6 is 21.6 Å². The van der Waals surface area contributed by atoms with E-state index >= 15 is 0 Å². The molecular weight excluding hydrogens is 647 g/mol. The van der Waals surface area contributed by atoms with Crippen molar-refractivity contribution in [3.8, 4) is 0 Å². The van der Waals surface area contributed by atoms with Gasteiger partial charge in [-0.05, 0) is 79.6 Å². The van der Waals surface area contributed by atoms with E-state index in [0.29, 0.717) is 25.1 Å². The predicted octanol–water partition coefficient (Wildman–Crippen LogP) is 7.10. The molecule has 0 aromatic heterocycles. The summed E-state index contributed by atoms with van der Waals surface area (Å²) in [6.45, 7) is 10.5. The first-order valence-corrected chi connectivity index (χ1v) is 19.2. The van der Waals surface area contributed by atoms with Crippen molar-refractivity contribution in [1.29, 1.82) is 0 Å². The summed E-state index contributed by atoms with van der Waals surface area (Å²) in [7, 11) is 2.86. The first kappa shape index (κ1) is 45.3. The van der Waals surface area contributed by atoms with Gasteiger partial charge in [0.15, 0.2) is 0 Å². The van der Waals surface area contributed by atoms with Crippen LogP contribution in [0.2, 0.25) is 0 Å². The number of nitrogens with one attached hydrogen (secondary N) is 3. The number of carbonyl (C=O) groups excluding carboxylic acids is 3. The number of allylic oxidation sites excluding steroid dienone is 12. The Kier molecular flexibility index (Phi) is 26.5. The highest BCUT2D eigenvalue weighted by Crippen LogP contribution is 2.38. The van der Waals surface area contributed by atoms with E-state index < -0.39 is 47.6 Å². The van der Waals surface area contributed by atoms with E-state index in [1.807, 2.05) is 19.9 Å². The van der Waals surface area contributed by atoms with Crippen molar-refractivity contribution >= 4 is 39.5 Å². The lowest BCUT2D eigenvalue weighted by Gasteiger charge is -2.34. The van der Waals surface area contributed by atoms with Crippen molar-refractivity contribution in [2.75, 3.05) is 25.5 Å². The first-order chi connectivity index (χ1) is 22.9. The quantitative estimate of drug-likeness (QED) is 0.0385. The average Bonchev–Trinajstić information content (AvgIpc) is 3.02. The number of hydrogen-bond acceptors (Lipinski definition) is 8. The highest BCUT2D eigenvalue weighted by atomic mass is 33.1. The second-order valence-corrected chi connectivity index (χ2v) is 15.5. The second-order valence-electron chi connectivity index (χ2n) is 12.5. The molecule has 5 N–H and O–H groups in total. The molecule has 9 nitrogen and oxygen atoms in total. The summed E-state index contributed by atoms with van der Waals surface area (Å²) in [5.74, 6) is 0.0215. The lowest BCUT2D eigenvalue weighted by molar-refractivity contribution is -0.125. The highest BCUT2D eigenvalue weighted by molar-refractivity contribution is 8.77. The normalized spacial score (nSPS) is 13.6. The molecule has 272 valence electrons. The Morgan fingerprint density at radius 1 is 0.729 bits per heavy atom. The maximum Gasteiger partial charge on any atom is 0.408 e. The third-order valence-electron chi connectivity index (χ3n) is 6.32. The molecule has 0 unspecified atom stereocenters. The molecule has 0 rings (SSSR count). The van der Waals surface area contributed by atoms with Gasteiger partial charge in [-0.15, -0.1) is 0 Å². The minimum absolute atomic E-state index is 0.0257. The van der Waals surface area contributed by atoms with Gasteiger partial charge in [0.05, 0.1) is 24.0 Å². The molecule has 11 heteroatoms. The van der Waals surface area contributed by atoms with Gasteiger partial charge in [0.25, 0.3) is 0 Å². The summed E-state index contributed by atoms with van der Waals surface area (Å²) in [4.78, 5) is 37.7. The second kappa shape index (κ2) is 28.1. The molecule has 1 atom stereocenters. The molecular formula is C37H61N3O6S2. The van der Waals surface area contributed by atoms with Gasteiger partial charge >= 0.3 is 6.09 Å². The van der Waals surface area contributed by atoms with E-state index in [9.17, 15) is 24.6 Å². The first-order valence-electron chi connectivity index (χ1n) is 16.8. The van der Waals surface area contributed by atoms with Gasteiger partial charge in [-0.25, -0.2) is 4.79 Å². The number of rotatable bonds is 25. The Labute approximate surface area is 297 Å². The molecule has 0 bridgehead atoms. The van der Waals surface area contributed by atoms with Gasteiger partial charge in [-0.2, -0.15) is 0 Å². The van der Waals surface area contributed by atoms with Gasteiger partial charge in [-0.1, -0.05) is 101 Å². The SMILES string of the molecule is CC/C=C\C/C=C\C/C=C\C/C=C\C/C=C\C/C=C\CCC(=O)NCCSSC(C)(C)[C@H](NC(=O)OC(C)(C)C)C(=O)NC(CO)CO. The Bertz CT molecular complexity index is 1070. The Hall–Kier alpha value is -2.73. The van der Waals surface area contributed by atoms with E-state index in [0.717, 1.165) is 38.5 Å². The third-order valence-corrected chi connectivity index (χ3v) is 9.62. The van der Waals surface area contributed by atoms with Crippen molar-refractivity contribution in [2.45, 2.75) is 115 Å². The molecule has 0 aromatic rings. The van der Waals surface area contributed by atoms with Crippen molar-refractivity contribution in [1.82, 2.24) is 16.0 Å². The van der Waals surface area contributed by atoms with Crippen LogP contribution in [-0.4, -0.2) is 76.1 Å². The van der Waals surface area contributed by atoms with Crippen molar-refractivity contribution in [2.24, 2.45) is 0 Å². The van der Waals surface area contributed by atoms with Crippen molar-refractivity contribution in [3.63, 3.8) is 0 Å². The van der Waals surface area contributed by atoms with Crippen molar-refractivity contribution in [3.05, 3.63) is 72.9 Å². The Morgan fingerprint density at radius 3 is 1.67 bits per heavy atom. The number of carbonyl (C=O) groups is 3. The molecule has 0 fully saturated rings. The maximum atomic E-state index is 13.0. The molecule has 0 aliphatic carbocycles. The Morgan fingerprint density at radius 2 is 1.21 bits per heavy atom. The van der Waals surface area contributed by atoms with Gasteiger partial charge in [0.2, 0.25) is 11.8 Å². The highest BCUT2D eigenvalue weighted by Gasteiger charge is 2.39. The molecule has 0 spiro atoms. The standard InChI is InChI=1S/C37H61N3O6S2/c1-7-8-9-10-11-12-13-14-15-16-17-18-19-20-21-22-23-24-25-26-32(43)38-27-28-47-48-37(5,6)33(34(44)39-31(29-41)30-42)40-35(45)46-36(2,3)4/h8-9,11-12,14-15,17-18,20-21,23-24,31,33,41-42H,7,10,13,16,19,22,25-30H2,1-6H3,(H,38,43)(H,39,44)(H,40,45)/b9-8-,12-11-,15-14-,18-17-,21-20-,24-23-/t33-/m1/s1. The van der Waals surface area contributed by atoms with Gasteiger partial charge in [-0.3, -0.25) is 9.59 Å². The summed E-state index contributed by atoms with van der Waals surface area (Å²) in [6, 6.07) is -1.86. The fraction of sp³-hybridized carbons (Fsp3) is 0.595. The summed E-state index contributed by atoms with van der Waals surface area (Å²) in [5.41, 5.74) is -0.750. The smallest absolute Gasteiger partial charge is 0.408 e. The number of amides is 3. The summed E-state index contributed by atoms with van der Waals surface area (Å²) in [5, 5.41) is 26.9. The van der Waals surface area contributed by atoms with Crippen LogP contribution in [0.3, 0.4) is 0 Å². The molecule has 0 saturated carbocycles. The number of ether oxygens (including phenoxy) is 1. The Balaban J connectivity index is 4.33. The molecule has 0 aromatic carbocycles. The van der Waals surface area contributed by atoms with E-state index in [2.05, 4.69) is 89.7 Å². The monoisotopic (exact) mass is 707 g/mol. The van der Waals surface area contributed by atoms with Gasteiger partial charge in [0, 0.05) is 18.7 Å².